The normalized spacial score (nSPS) is 35.1. The standard InChI is InChI=1S/C12H12N2O/c1-14-3-2-8-11(14)9(15)4-10-12(8)5-7(12)6-13-10/h2-4,7,13H,5-6H2,1H3/t7-,12-/m1/s1. The van der Waals surface area contributed by atoms with Crippen LogP contribution in [0.1, 0.15) is 22.5 Å². The van der Waals surface area contributed by atoms with E-state index in [1.165, 1.54) is 12.0 Å². The van der Waals surface area contributed by atoms with E-state index in [4.69, 9.17) is 0 Å². The van der Waals surface area contributed by atoms with Crippen LogP contribution in [0.4, 0.5) is 0 Å². The van der Waals surface area contributed by atoms with Gasteiger partial charge < -0.3 is 9.88 Å². The Labute approximate surface area is 87.8 Å². The summed E-state index contributed by atoms with van der Waals surface area (Å²) in [6.45, 7) is 1.04. The van der Waals surface area contributed by atoms with Gasteiger partial charge >= 0.3 is 0 Å². The van der Waals surface area contributed by atoms with Gasteiger partial charge in [-0.25, -0.2) is 0 Å². The number of aryl methyl sites for hydroxylation is 1. The third kappa shape index (κ3) is 0.664. The Morgan fingerprint density at radius 2 is 2.47 bits per heavy atom. The molecule has 3 nitrogen and oxygen atoms in total. The Bertz CT molecular complexity index is 526. The molecule has 0 unspecified atom stereocenters. The second-order valence-electron chi connectivity index (χ2n) is 4.86. The quantitative estimate of drug-likeness (QED) is 0.677. The Morgan fingerprint density at radius 1 is 1.60 bits per heavy atom. The zero-order valence-corrected chi connectivity index (χ0v) is 8.58. The highest BCUT2D eigenvalue weighted by Gasteiger charge is 2.64. The van der Waals surface area contributed by atoms with Crippen molar-refractivity contribution in [3.8, 4) is 0 Å². The summed E-state index contributed by atoms with van der Waals surface area (Å²) in [6, 6.07) is 2.12. The first-order valence-electron chi connectivity index (χ1n) is 5.39. The number of nitrogens with zero attached hydrogens (tertiary/aromatic N) is 1. The fourth-order valence-electron chi connectivity index (χ4n) is 3.35. The van der Waals surface area contributed by atoms with E-state index in [9.17, 15) is 4.79 Å². The molecule has 3 heteroatoms. The predicted octanol–water partition coefficient (Wildman–Crippen LogP) is 0.966. The van der Waals surface area contributed by atoms with Crippen molar-refractivity contribution in [1.29, 1.82) is 0 Å². The molecule has 1 saturated carbocycles. The average molecular weight is 200 g/mol. The van der Waals surface area contributed by atoms with Crippen molar-refractivity contribution in [3.63, 3.8) is 0 Å². The maximum absolute atomic E-state index is 11.9. The summed E-state index contributed by atoms with van der Waals surface area (Å²) < 4.78 is 1.95. The van der Waals surface area contributed by atoms with E-state index in [-0.39, 0.29) is 11.2 Å². The van der Waals surface area contributed by atoms with E-state index in [1.807, 2.05) is 17.8 Å². The minimum absolute atomic E-state index is 0.151. The van der Waals surface area contributed by atoms with Crippen LogP contribution in [0.25, 0.3) is 0 Å². The summed E-state index contributed by atoms with van der Waals surface area (Å²) in [6.07, 6.45) is 5.02. The summed E-state index contributed by atoms with van der Waals surface area (Å²) in [7, 11) is 1.95. The molecule has 76 valence electrons. The van der Waals surface area contributed by atoms with Crippen LogP contribution < -0.4 is 5.32 Å². The minimum Gasteiger partial charge on any atom is -0.387 e. The van der Waals surface area contributed by atoms with E-state index in [0.717, 1.165) is 23.9 Å². The van der Waals surface area contributed by atoms with Crippen molar-refractivity contribution in [1.82, 2.24) is 9.88 Å². The molecule has 0 radical (unpaired) electrons. The molecule has 3 aliphatic rings. The summed E-state index contributed by atoms with van der Waals surface area (Å²) in [5, 5.41) is 3.36. The number of piperidine rings is 1. The van der Waals surface area contributed by atoms with E-state index in [2.05, 4.69) is 11.4 Å². The first-order chi connectivity index (χ1) is 7.23. The van der Waals surface area contributed by atoms with Crippen LogP contribution in [-0.2, 0) is 12.5 Å². The molecule has 0 amide bonds. The lowest BCUT2D eigenvalue weighted by Gasteiger charge is -2.21. The largest absolute Gasteiger partial charge is 0.387 e. The molecule has 1 saturated heterocycles. The second kappa shape index (κ2) is 2.03. The topological polar surface area (TPSA) is 34.0 Å². The fourth-order valence-corrected chi connectivity index (χ4v) is 3.35. The Morgan fingerprint density at radius 3 is 3.27 bits per heavy atom. The van der Waals surface area contributed by atoms with Crippen LogP contribution in [0.2, 0.25) is 0 Å². The van der Waals surface area contributed by atoms with Gasteiger partial charge in [-0.05, 0) is 24.0 Å². The van der Waals surface area contributed by atoms with Crippen molar-refractivity contribution < 1.29 is 4.79 Å². The molecule has 1 N–H and O–H groups in total. The van der Waals surface area contributed by atoms with Gasteiger partial charge in [0.25, 0.3) is 0 Å². The third-order valence-electron chi connectivity index (χ3n) is 4.19. The molecular weight excluding hydrogens is 188 g/mol. The third-order valence-corrected chi connectivity index (χ3v) is 4.19. The number of nitrogens with one attached hydrogen (secondary N) is 1. The first-order valence-corrected chi connectivity index (χ1v) is 5.39. The molecule has 0 aromatic carbocycles. The maximum Gasteiger partial charge on any atom is 0.204 e. The summed E-state index contributed by atoms with van der Waals surface area (Å²) >= 11 is 0. The highest BCUT2D eigenvalue weighted by molar-refractivity contribution is 6.07. The van der Waals surface area contributed by atoms with Gasteiger partial charge in [-0.2, -0.15) is 0 Å². The van der Waals surface area contributed by atoms with Gasteiger partial charge in [0, 0.05) is 37.0 Å². The van der Waals surface area contributed by atoms with Crippen molar-refractivity contribution in [2.75, 3.05) is 6.54 Å². The van der Waals surface area contributed by atoms with E-state index >= 15 is 0 Å². The minimum atomic E-state index is 0.151. The van der Waals surface area contributed by atoms with Crippen LogP contribution >= 0.6 is 0 Å². The molecular formula is C12H12N2O. The SMILES string of the molecule is Cn1ccc2c1C(=O)C=C1NC[C@H]3C[C@]123. The lowest BCUT2D eigenvalue weighted by Crippen LogP contribution is -2.25. The predicted molar refractivity (Wildman–Crippen MR) is 55.6 cm³/mol. The molecule has 2 atom stereocenters. The van der Waals surface area contributed by atoms with Crippen LogP contribution in [0.5, 0.6) is 0 Å². The molecule has 2 aliphatic carbocycles. The van der Waals surface area contributed by atoms with Crippen LogP contribution in [0, 0.1) is 5.92 Å². The molecule has 2 heterocycles. The van der Waals surface area contributed by atoms with Gasteiger partial charge in [0.05, 0.1) is 5.69 Å². The van der Waals surface area contributed by atoms with Crippen molar-refractivity contribution in [2.45, 2.75) is 11.8 Å². The number of aromatic nitrogens is 1. The van der Waals surface area contributed by atoms with Crippen LogP contribution in [-0.4, -0.2) is 16.9 Å². The van der Waals surface area contributed by atoms with Gasteiger partial charge in [0.1, 0.15) is 0 Å². The Balaban J connectivity index is 2.05. The number of carbonyl (C=O) groups excluding carboxylic acids is 1. The van der Waals surface area contributed by atoms with Crippen molar-refractivity contribution in [2.24, 2.45) is 13.0 Å². The van der Waals surface area contributed by atoms with Gasteiger partial charge in [-0.3, -0.25) is 4.79 Å². The summed E-state index contributed by atoms with van der Waals surface area (Å²) in [4.78, 5) is 11.9. The number of carbonyl (C=O) groups is 1. The van der Waals surface area contributed by atoms with E-state index < -0.39 is 0 Å². The Kier molecular flexibility index (Phi) is 1.05. The summed E-state index contributed by atoms with van der Waals surface area (Å²) in [5.41, 5.74) is 3.51. The van der Waals surface area contributed by atoms with Crippen LogP contribution in [0.3, 0.4) is 0 Å². The number of ketones is 1. The van der Waals surface area contributed by atoms with Gasteiger partial charge in [0.15, 0.2) is 0 Å². The molecule has 1 aliphatic heterocycles. The number of fused-ring (bicyclic) bond motifs is 1. The summed E-state index contributed by atoms with van der Waals surface area (Å²) in [5.74, 6) is 0.871. The lowest BCUT2D eigenvalue weighted by molar-refractivity contribution is 0.103. The monoisotopic (exact) mass is 200 g/mol. The van der Waals surface area contributed by atoms with Crippen LogP contribution in [0.15, 0.2) is 24.0 Å². The van der Waals surface area contributed by atoms with E-state index in [0.29, 0.717) is 0 Å². The maximum atomic E-state index is 11.9. The fraction of sp³-hybridized carbons (Fsp3) is 0.417. The average Bonchev–Trinajstić information content (AvgIpc) is 2.60. The van der Waals surface area contributed by atoms with Gasteiger partial charge in [-0.1, -0.05) is 0 Å². The highest BCUT2D eigenvalue weighted by atomic mass is 16.1. The first kappa shape index (κ1) is 7.74. The highest BCUT2D eigenvalue weighted by Crippen LogP contribution is 2.63. The molecule has 1 spiro atoms. The molecule has 15 heavy (non-hydrogen) atoms. The molecule has 0 bridgehead atoms. The number of hydrogen-bond acceptors (Lipinski definition) is 2. The molecule has 4 rings (SSSR count). The van der Waals surface area contributed by atoms with E-state index in [1.54, 1.807) is 6.08 Å². The number of rotatable bonds is 0. The zero-order valence-electron chi connectivity index (χ0n) is 8.58. The van der Waals surface area contributed by atoms with Gasteiger partial charge in [0.2, 0.25) is 5.78 Å². The Hall–Kier alpha value is -1.51. The smallest absolute Gasteiger partial charge is 0.204 e. The number of allylic oxidation sites excluding steroid dienone is 2. The number of hydrogen-bond donors (Lipinski definition) is 1. The lowest BCUT2D eigenvalue weighted by atomic mass is 9.86. The second-order valence-corrected chi connectivity index (χ2v) is 4.86. The molecule has 1 aromatic heterocycles. The molecule has 2 fully saturated rings. The van der Waals surface area contributed by atoms with Crippen molar-refractivity contribution in [3.05, 3.63) is 35.3 Å². The van der Waals surface area contributed by atoms with Gasteiger partial charge in [-0.15, -0.1) is 0 Å². The van der Waals surface area contributed by atoms with Crippen molar-refractivity contribution >= 4 is 5.78 Å². The zero-order chi connectivity index (χ0) is 10.2. The molecule has 1 aromatic rings.